The van der Waals surface area contributed by atoms with E-state index in [0.29, 0.717) is 18.0 Å². The maximum atomic E-state index is 6.15. The first-order valence-electron chi connectivity index (χ1n) is 6.96. The number of nitrogens with two attached hydrogens (primary N) is 1. The third kappa shape index (κ3) is 3.65. The Balaban J connectivity index is 1.73. The quantitative estimate of drug-likeness (QED) is 0.775. The molecule has 2 saturated heterocycles. The van der Waals surface area contributed by atoms with Crippen molar-refractivity contribution in [2.75, 3.05) is 45.9 Å². The molecule has 0 amide bonds. The van der Waals surface area contributed by atoms with Gasteiger partial charge in [0, 0.05) is 57.3 Å². The van der Waals surface area contributed by atoms with Gasteiger partial charge in [-0.1, -0.05) is 0 Å². The third-order valence-electron chi connectivity index (χ3n) is 4.16. The number of hydrogen-bond acceptors (Lipinski definition) is 4. The molecular formula is C13H27N3O. The van der Waals surface area contributed by atoms with Gasteiger partial charge in [0.25, 0.3) is 0 Å². The lowest BCUT2D eigenvalue weighted by atomic mass is 9.96. The molecule has 2 unspecified atom stereocenters. The highest BCUT2D eigenvalue weighted by atomic mass is 16.5. The van der Waals surface area contributed by atoms with E-state index in [9.17, 15) is 0 Å². The van der Waals surface area contributed by atoms with Crippen molar-refractivity contribution in [1.82, 2.24) is 9.80 Å². The maximum absolute atomic E-state index is 6.15. The summed E-state index contributed by atoms with van der Waals surface area (Å²) < 4.78 is 5.54. The van der Waals surface area contributed by atoms with Crippen LogP contribution >= 0.6 is 0 Å². The molecule has 2 fully saturated rings. The number of nitrogens with zero attached hydrogens (tertiary/aromatic N) is 2. The van der Waals surface area contributed by atoms with Crippen LogP contribution in [0.2, 0.25) is 0 Å². The average Bonchev–Trinajstić information content (AvgIpc) is 2.33. The minimum absolute atomic E-state index is 0.340. The van der Waals surface area contributed by atoms with Crippen molar-refractivity contribution < 1.29 is 4.74 Å². The van der Waals surface area contributed by atoms with Crippen molar-refractivity contribution in [1.29, 1.82) is 0 Å². The molecule has 0 aromatic carbocycles. The molecule has 0 saturated carbocycles. The first-order chi connectivity index (χ1) is 8.16. The van der Waals surface area contributed by atoms with Crippen LogP contribution in [0.3, 0.4) is 0 Å². The van der Waals surface area contributed by atoms with Crippen molar-refractivity contribution in [3.8, 4) is 0 Å². The van der Waals surface area contributed by atoms with E-state index in [2.05, 4.69) is 23.6 Å². The van der Waals surface area contributed by atoms with Crippen LogP contribution in [-0.4, -0.2) is 67.8 Å². The van der Waals surface area contributed by atoms with E-state index in [0.717, 1.165) is 26.2 Å². The summed E-state index contributed by atoms with van der Waals surface area (Å²) in [4.78, 5) is 5.10. The summed E-state index contributed by atoms with van der Waals surface area (Å²) in [7, 11) is 0. The molecule has 2 aliphatic rings. The Labute approximate surface area is 105 Å². The number of piperazine rings is 1. The van der Waals surface area contributed by atoms with Gasteiger partial charge in [0.15, 0.2) is 0 Å². The van der Waals surface area contributed by atoms with Crippen LogP contribution in [0.25, 0.3) is 0 Å². The van der Waals surface area contributed by atoms with Crippen molar-refractivity contribution in [3.05, 3.63) is 0 Å². The fourth-order valence-corrected chi connectivity index (χ4v) is 2.80. The Kier molecular flexibility index (Phi) is 4.79. The number of ether oxygens (including phenoxy) is 1. The van der Waals surface area contributed by atoms with E-state index in [-0.39, 0.29) is 0 Å². The molecule has 2 atom stereocenters. The van der Waals surface area contributed by atoms with Crippen molar-refractivity contribution in [2.24, 2.45) is 11.7 Å². The molecule has 2 rings (SSSR count). The molecule has 100 valence electrons. The fourth-order valence-electron chi connectivity index (χ4n) is 2.80. The van der Waals surface area contributed by atoms with Gasteiger partial charge in [-0.25, -0.2) is 0 Å². The van der Waals surface area contributed by atoms with Gasteiger partial charge in [-0.05, 0) is 20.3 Å². The Hall–Kier alpha value is -0.160. The van der Waals surface area contributed by atoms with Gasteiger partial charge < -0.3 is 15.4 Å². The van der Waals surface area contributed by atoms with Gasteiger partial charge in [0.2, 0.25) is 0 Å². The zero-order valence-electron chi connectivity index (χ0n) is 11.3. The van der Waals surface area contributed by atoms with E-state index in [1.54, 1.807) is 0 Å². The Morgan fingerprint density at radius 3 is 2.53 bits per heavy atom. The second-order valence-electron chi connectivity index (χ2n) is 5.72. The third-order valence-corrected chi connectivity index (χ3v) is 4.16. The van der Waals surface area contributed by atoms with Crippen LogP contribution in [0.5, 0.6) is 0 Å². The summed E-state index contributed by atoms with van der Waals surface area (Å²) in [5, 5.41) is 0. The van der Waals surface area contributed by atoms with Gasteiger partial charge in [-0.15, -0.1) is 0 Å². The highest BCUT2D eigenvalue weighted by molar-refractivity contribution is 4.82. The minimum Gasteiger partial charge on any atom is -0.381 e. The lowest BCUT2D eigenvalue weighted by molar-refractivity contribution is 0.0150. The van der Waals surface area contributed by atoms with Gasteiger partial charge in [0.1, 0.15) is 0 Å². The second kappa shape index (κ2) is 6.14. The monoisotopic (exact) mass is 241 g/mol. The molecule has 0 aromatic rings. The smallest absolute Gasteiger partial charge is 0.0521 e. The van der Waals surface area contributed by atoms with E-state index in [1.807, 2.05) is 0 Å². The standard InChI is InChI=1S/C13H27N3O/c1-11(2)16-6-4-15(5-7-16)9-12-10-17-8-3-13(12)14/h11-13H,3-10,14H2,1-2H3. The van der Waals surface area contributed by atoms with Crippen LogP contribution in [0, 0.1) is 5.92 Å². The Morgan fingerprint density at radius 2 is 1.94 bits per heavy atom. The van der Waals surface area contributed by atoms with Gasteiger partial charge in [-0.2, -0.15) is 0 Å². The predicted molar refractivity (Wildman–Crippen MR) is 70.1 cm³/mol. The van der Waals surface area contributed by atoms with E-state index in [4.69, 9.17) is 10.5 Å². The lowest BCUT2D eigenvalue weighted by Gasteiger charge is -2.40. The van der Waals surface area contributed by atoms with Gasteiger partial charge in [-0.3, -0.25) is 4.90 Å². The maximum Gasteiger partial charge on any atom is 0.0521 e. The SMILES string of the molecule is CC(C)N1CCN(CC2COCCC2N)CC1. The first-order valence-corrected chi connectivity index (χ1v) is 6.96. The Morgan fingerprint density at radius 1 is 1.24 bits per heavy atom. The zero-order chi connectivity index (χ0) is 12.3. The molecule has 0 spiro atoms. The summed E-state index contributed by atoms with van der Waals surface area (Å²) in [5.41, 5.74) is 6.15. The lowest BCUT2D eigenvalue weighted by Crippen LogP contribution is -2.52. The first kappa shape index (κ1) is 13.3. The Bertz CT molecular complexity index is 227. The topological polar surface area (TPSA) is 41.7 Å². The molecule has 4 heteroatoms. The van der Waals surface area contributed by atoms with Gasteiger partial charge in [0.05, 0.1) is 6.61 Å². The van der Waals surface area contributed by atoms with E-state index >= 15 is 0 Å². The van der Waals surface area contributed by atoms with Crippen molar-refractivity contribution in [3.63, 3.8) is 0 Å². The molecule has 4 nitrogen and oxygen atoms in total. The molecule has 0 radical (unpaired) electrons. The van der Waals surface area contributed by atoms with Crippen LogP contribution in [-0.2, 0) is 4.74 Å². The summed E-state index contributed by atoms with van der Waals surface area (Å²) >= 11 is 0. The van der Waals surface area contributed by atoms with E-state index < -0.39 is 0 Å². The van der Waals surface area contributed by atoms with E-state index in [1.165, 1.54) is 26.2 Å². The second-order valence-corrected chi connectivity index (χ2v) is 5.72. The van der Waals surface area contributed by atoms with Crippen LogP contribution in [0.4, 0.5) is 0 Å². The fraction of sp³-hybridized carbons (Fsp3) is 1.00. The van der Waals surface area contributed by atoms with Crippen molar-refractivity contribution >= 4 is 0 Å². The largest absolute Gasteiger partial charge is 0.381 e. The molecule has 0 aromatic heterocycles. The number of hydrogen-bond donors (Lipinski definition) is 1. The summed E-state index contributed by atoms with van der Waals surface area (Å²) in [6, 6.07) is 1.02. The highest BCUT2D eigenvalue weighted by Crippen LogP contribution is 2.16. The summed E-state index contributed by atoms with van der Waals surface area (Å²) in [6.07, 6.45) is 1.02. The summed E-state index contributed by atoms with van der Waals surface area (Å²) in [5.74, 6) is 0.536. The molecule has 0 bridgehead atoms. The minimum atomic E-state index is 0.340. The normalized spacial score (nSPS) is 33.2. The predicted octanol–water partition coefficient (Wildman–Crippen LogP) is 0.376. The molecule has 2 aliphatic heterocycles. The molecule has 2 N–H and O–H groups in total. The molecule has 2 heterocycles. The summed E-state index contributed by atoms with van der Waals surface area (Å²) in [6.45, 7) is 12.1. The van der Waals surface area contributed by atoms with Crippen LogP contribution < -0.4 is 5.73 Å². The van der Waals surface area contributed by atoms with Crippen LogP contribution in [0.1, 0.15) is 20.3 Å². The molecular weight excluding hydrogens is 214 g/mol. The molecule has 0 aliphatic carbocycles. The zero-order valence-corrected chi connectivity index (χ0v) is 11.3. The van der Waals surface area contributed by atoms with Gasteiger partial charge >= 0.3 is 0 Å². The molecule has 17 heavy (non-hydrogen) atoms. The van der Waals surface area contributed by atoms with Crippen molar-refractivity contribution in [2.45, 2.75) is 32.4 Å². The highest BCUT2D eigenvalue weighted by Gasteiger charge is 2.26. The number of rotatable bonds is 3. The average molecular weight is 241 g/mol. The van der Waals surface area contributed by atoms with Crippen LogP contribution in [0.15, 0.2) is 0 Å².